The predicted molar refractivity (Wildman–Crippen MR) is 245 cm³/mol. The van der Waals surface area contributed by atoms with Crippen molar-refractivity contribution >= 4 is 23.3 Å². The van der Waals surface area contributed by atoms with E-state index in [2.05, 4.69) is 194 Å². The molecule has 0 nitrogen and oxygen atoms in total. The third kappa shape index (κ3) is 6.36. The maximum atomic E-state index is 2.56. The van der Waals surface area contributed by atoms with Crippen LogP contribution in [-0.2, 0) is 38.5 Å². The van der Waals surface area contributed by atoms with Gasteiger partial charge in [0.1, 0.15) is 0 Å². The Bertz CT molecular complexity index is 2610. The first kappa shape index (κ1) is 34.5. The molecule has 58 heavy (non-hydrogen) atoms. The molecular formula is C58H44. The molecule has 0 unspecified atom stereocenters. The van der Waals surface area contributed by atoms with Gasteiger partial charge in [0, 0.05) is 0 Å². The topological polar surface area (TPSA) is 0 Å². The first-order valence-corrected chi connectivity index (χ1v) is 21.0. The summed E-state index contributed by atoms with van der Waals surface area (Å²) in [5.74, 6) is 0. The van der Waals surface area contributed by atoms with Crippen LogP contribution < -0.4 is 0 Å². The van der Waals surface area contributed by atoms with E-state index in [4.69, 9.17) is 0 Å². The lowest BCUT2D eigenvalue weighted by molar-refractivity contribution is 0.906. The van der Waals surface area contributed by atoms with Crippen molar-refractivity contribution in [2.24, 2.45) is 0 Å². The van der Waals surface area contributed by atoms with Crippen molar-refractivity contribution in [3.63, 3.8) is 0 Å². The molecule has 0 aromatic heterocycles. The van der Waals surface area contributed by atoms with Gasteiger partial charge in [-0.25, -0.2) is 0 Å². The van der Waals surface area contributed by atoms with Crippen LogP contribution in [0.1, 0.15) is 66.8 Å². The van der Waals surface area contributed by atoms with Gasteiger partial charge in [-0.1, -0.05) is 182 Å². The van der Waals surface area contributed by atoms with E-state index in [0.29, 0.717) is 0 Å². The highest BCUT2D eigenvalue weighted by Crippen LogP contribution is 2.45. The summed E-state index contributed by atoms with van der Waals surface area (Å²) in [5.41, 5.74) is 27.5. The van der Waals surface area contributed by atoms with Crippen LogP contribution >= 0.6 is 0 Å². The van der Waals surface area contributed by atoms with Crippen LogP contribution in [0, 0.1) is 0 Å². The molecule has 0 heteroatoms. The molecule has 3 aliphatic carbocycles. The fourth-order valence-corrected chi connectivity index (χ4v) is 9.83. The molecule has 0 saturated heterocycles. The highest BCUT2D eigenvalue weighted by atomic mass is 14.3. The van der Waals surface area contributed by atoms with E-state index in [1.807, 2.05) is 0 Å². The molecule has 0 N–H and O–H groups in total. The number of aryl methyl sites for hydroxylation is 6. The number of rotatable bonds is 6. The minimum absolute atomic E-state index is 1.07. The Morgan fingerprint density at radius 2 is 0.517 bits per heavy atom. The summed E-state index contributed by atoms with van der Waals surface area (Å²) in [5, 5.41) is 0. The lowest BCUT2D eigenvalue weighted by Gasteiger charge is -2.29. The molecule has 0 radical (unpaired) electrons. The van der Waals surface area contributed by atoms with Gasteiger partial charge in [0.05, 0.1) is 0 Å². The van der Waals surface area contributed by atoms with Gasteiger partial charge >= 0.3 is 0 Å². The Morgan fingerprint density at radius 3 is 0.810 bits per heavy atom. The van der Waals surface area contributed by atoms with Gasteiger partial charge in [-0.15, -0.1) is 0 Å². The second-order valence-electron chi connectivity index (χ2n) is 16.2. The molecule has 8 aromatic rings. The fraction of sp³-hybridized carbons (Fsp3) is 0.103. The van der Waals surface area contributed by atoms with Crippen LogP contribution in [0.3, 0.4) is 0 Å². The van der Waals surface area contributed by atoms with Crippen molar-refractivity contribution < 1.29 is 0 Å². The zero-order valence-corrected chi connectivity index (χ0v) is 32.7. The Kier molecular flexibility index (Phi) is 8.70. The average Bonchev–Trinajstić information content (AvgIpc) is 3.29. The Morgan fingerprint density at radius 1 is 0.259 bits per heavy atom. The van der Waals surface area contributed by atoms with Crippen molar-refractivity contribution in [1.29, 1.82) is 0 Å². The van der Waals surface area contributed by atoms with Crippen LogP contribution in [0.25, 0.3) is 56.7 Å². The summed E-state index contributed by atoms with van der Waals surface area (Å²) in [4.78, 5) is 0. The van der Waals surface area contributed by atoms with Crippen LogP contribution in [0.2, 0.25) is 0 Å². The Balaban J connectivity index is 0.909. The Labute approximate surface area is 342 Å². The zero-order valence-electron chi connectivity index (χ0n) is 32.7. The van der Waals surface area contributed by atoms with E-state index in [0.717, 1.165) is 38.5 Å². The van der Waals surface area contributed by atoms with Gasteiger partial charge in [-0.05, 0) is 162 Å². The maximum Gasteiger partial charge on any atom is -0.0105 e. The van der Waals surface area contributed by atoms with Gasteiger partial charge in [0.15, 0.2) is 0 Å². The second kappa shape index (κ2) is 14.6. The van der Waals surface area contributed by atoms with Crippen molar-refractivity contribution in [2.45, 2.75) is 38.5 Å². The quantitative estimate of drug-likeness (QED) is 0.149. The third-order valence-electron chi connectivity index (χ3n) is 12.7. The molecule has 0 saturated carbocycles. The Hall–Kier alpha value is -6.76. The fourth-order valence-electron chi connectivity index (χ4n) is 9.83. The minimum Gasteiger partial charge on any atom is -0.0622 e. The molecular weight excluding hydrogens is 697 g/mol. The first-order valence-electron chi connectivity index (χ1n) is 21.0. The minimum atomic E-state index is 1.07. The molecule has 0 fully saturated rings. The van der Waals surface area contributed by atoms with E-state index >= 15 is 0 Å². The molecule has 0 atom stereocenters. The molecule has 0 spiro atoms. The SMILES string of the molecule is C(=C(c1ccccc1)c1ccccc1)c1ccc2c(c1)CCc1cc3c(cc1-2)CCc1cc2c(cc1-3)CCc1cc(C=C(c3ccccc3)c3ccccc3)ccc1-2. The molecule has 0 aliphatic heterocycles. The highest BCUT2D eigenvalue weighted by Gasteiger charge is 2.26. The first-order chi connectivity index (χ1) is 28.7. The summed E-state index contributed by atoms with van der Waals surface area (Å²) in [6.45, 7) is 0. The van der Waals surface area contributed by atoms with Gasteiger partial charge in [0.2, 0.25) is 0 Å². The predicted octanol–water partition coefficient (Wildman–Crippen LogP) is 14.2. The summed E-state index contributed by atoms with van der Waals surface area (Å²) in [6, 6.07) is 67.6. The second-order valence-corrected chi connectivity index (χ2v) is 16.2. The molecule has 0 amide bonds. The maximum absolute atomic E-state index is 2.56. The lowest BCUT2D eigenvalue weighted by atomic mass is 9.75. The van der Waals surface area contributed by atoms with Crippen LogP contribution in [0.4, 0.5) is 0 Å². The molecule has 276 valence electrons. The van der Waals surface area contributed by atoms with Crippen molar-refractivity contribution in [3.8, 4) is 33.4 Å². The largest absolute Gasteiger partial charge is 0.0622 e. The monoisotopic (exact) mass is 740 g/mol. The van der Waals surface area contributed by atoms with E-state index in [9.17, 15) is 0 Å². The standard InChI is InChI=1S/C58H44/c1-5-13-41(14-6-1)53(42-15-7-2-8-16-42)33-39-21-29-51-45(31-39)23-25-47-37-57-49(35-55(47)51)27-28-50-36-56-48(38-58(50)57)26-24-46-32-40(22-30-52(46)56)34-54(43-17-9-3-10-18-43)44-19-11-4-12-20-44/h1-22,29-38H,23-28H2. The third-order valence-corrected chi connectivity index (χ3v) is 12.7. The summed E-state index contributed by atoms with van der Waals surface area (Å²) >= 11 is 0. The number of hydrogen-bond donors (Lipinski definition) is 0. The van der Waals surface area contributed by atoms with Crippen molar-refractivity contribution in [3.05, 3.63) is 249 Å². The lowest BCUT2D eigenvalue weighted by Crippen LogP contribution is -2.12. The summed E-state index contributed by atoms with van der Waals surface area (Å²) in [6.07, 6.45) is 11.2. The number of hydrogen-bond acceptors (Lipinski definition) is 0. The molecule has 11 rings (SSSR count). The van der Waals surface area contributed by atoms with Gasteiger partial charge in [0.25, 0.3) is 0 Å². The zero-order chi connectivity index (χ0) is 38.4. The molecule has 0 bridgehead atoms. The van der Waals surface area contributed by atoms with Crippen molar-refractivity contribution in [1.82, 2.24) is 0 Å². The molecule has 0 heterocycles. The summed E-state index contributed by atoms with van der Waals surface area (Å²) < 4.78 is 0. The normalized spacial score (nSPS) is 13.1. The van der Waals surface area contributed by atoms with Gasteiger partial charge < -0.3 is 0 Å². The van der Waals surface area contributed by atoms with Gasteiger partial charge in [-0.3, -0.25) is 0 Å². The smallest absolute Gasteiger partial charge is 0.0105 e. The highest BCUT2D eigenvalue weighted by molar-refractivity contribution is 5.94. The summed E-state index contributed by atoms with van der Waals surface area (Å²) in [7, 11) is 0. The van der Waals surface area contributed by atoms with E-state index in [-0.39, 0.29) is 0 Å². The van der Waals surface area contributed by atoms with E-state index in [1.54, 1.807) is 0 Å². The number of benzene rings is 8. The van der Waals surface area contributed by atoms with Crippen LogP contribution in [0.15, 0.2) is 182 Å². The van der Waals surface area contributed by atoms with E-state index < -0.39 is 0 Å². The molecule has 3 aliphatic rings. The van der Waals surface area contributed by atoms with Crippen molar-refractivity contribution in [2.75, 3.05) is 0 Å². The van der Waals surface area contributed by atoms with E-state index in [1.165, 1.54) is 111 Å². The average molecular weight is 741 g/mol. The van der Waals surface area contributed by atoms with Gasteiger partial charge in [-0.2, -0.15) is 0 Å². The van der Waals surface area contributed by atoms with Crippen LogP contribution in [0.5, 0.6) is 0 Å². The molecule has 8 aromatic carbocycles. The number of fused-ring (bicyclic) bond motifs is 9. The van der Waals surface area contributed by atoms with Crippen LogP contribution in [-0.4, -0.2) is 0 Å².